The highest BCUT2D eigenvalue weighted by molar-refractivity contribution is 6.14. The van der Waals surface area contributed by atoms with Crippen LogP contribution < -0.4 is 4.90 Å². The maximum atomic E-state index is 6.44. The number of benzene rings is 10. The molecule has 0 unspecified atom stereocenters. The molecule has 0 radical (unpaired) electrons. The molecular formula is C54H35NO. The van der Waals surface area contributed by atoms with Crippen molar-refractivity contribution in [2.45, 2.75) is 0 Å². The highest BCUT2D eigenvalue weighted by Crippen LogP contribution is 2.46. The molecule has 0 fully saturated rings. The zero-order valence-corrected chi connectivity index (χ0v) is 30.6. The summed E-state index contributed by atoms with van der Waals surface area (Å²) in [5, 5.41) is 9.72. The minimum absolute atomic E-state index is 0.865. The summed E-state index contributed by atoms with van der Waals surface area (Å²) >= 11 is 0. The minimum Gasteiger partial charge on any atom is -0.456 e. The molecule has 10 aromatic carbocycles. The van der Waals surface area contributed by atoms with Crippen molar-refractivity contribution >= 4 is 71.3 Å². The van der Waals surface area contributed by atoms with Gasteiger partial charge < -0.3 is 9.32 Å². The van der Waals surface area contributed by atoms with E-state index >= 15 is 0 Å². The quantitative estimate of drug-likeness (QED) is 0.160. The summed E-state index contributed by atoms with van der Waals surface area (Å²) in [6, 6.07) is 76.6. The second kappa shape index (κ2) is 13.2. The predicted molar refractivity (Wildman–Crippen MR) is 237 cm³/mol. The number of anilines is 3. The molecule has 0 aliphatic rings. The average molecular weight is 714 g/mol. The summed E-state index contributed by atoms with van der Waals surface area (Å²) in [6.45, 7) is 0. The lowest BCUT2D eigenvalue weighted by molar-refractivity contribution is 0.669. The van der Waals surface area contributed by atoms with Gasteiger partial charge in [-0.05, 0) is 109 Å². The second-order valence-electron chi connectivity index (χ2n) is 14.5. The van der Waals surface area contributed by atoms with Gasteiger partial charge in [-0.1, -0.05) is 164 Å². The standard InChI is InChI=1S/C54H35NO/c1-2-13-41-33-43(31-25-36(41)11-1)42-14-9-15-45(34-42)55(51-20-10-22-53-54(51)48-18-6-8-21-52(48)56-53)50-19-7-5-17-47(50)39-26-23-37(24-27-39)44-32-30-40-29-28-38-12-3-4-16-46(38)49(40)35-44/h1-35H. The maximum Gasteiger partial charge on any atom is 0.137 e. The Morgan fingerprint density at radius 1 is 0.304 bits per heavy atom. The number of fused-ring (bicyclic) bond motifs is 7. The van der Waals surface area contributed by atoms with E-state index in [1.807, 2.05) is 6.07 Å². The molecular weight excluding hydrogens is 679 g/mol. The Labute approximate surface area is 325 Å². The van der Waals surface area contributed by atoms with E-state index in [4.69, 9.17) is 4.42 Å². The molecule has 0 bridgehead atoms. The van der Waals surface area contributed by atoms with Crippen LogP contribution in [0.15, 0.2) is 217 Å². The second-order valence-corrected chi connectivity index (χ2v) is 14.5. The van der Waals surface area contributed by atoms with Crippen LogP contribution >= 0.6 is 0 Å². The minimum atomic E-state index is 0.865. The number of hydrogen-bond acceptors (Lipinski definition) is 2. The van der Waals surface area contributed by atoms with Gasteiger partial charge in [0.2, 0.25) is 0 Å². The predicted octanol–water partition coefficient (Wildman–Crippen LogP) is 15.5. The lowest BCUT2D eigenvalue weighted by Gasteiger charge is -2.29. The molecule has 11 rings (SSSR count). The normalized spacial score (nSPS) is 11.6. The summed E-state index contributed by atoms with van der Waals surface area (Å²) in [7, 11) is 0. The lowest BCUT2D eigenvalue weighted by Crippen LogP contribution is -2.11. The first-order valence-electron chi connectivity index (χ1n) is 19.2. The number of furan rings is 1. The van der Waals surface area contributed by atoms with E-state index in [0.29, 0.717) is 0 Å². The number of para-hydroxylation sites is 2. The van der Waals surface area contributed by atoms with E-state index < -0.39 is 0 Å². The van der Waals surface area contributed by atoms with Crippen LogP contribution in [0, 0.1) is 0 Å². The van der Waals surface area contributed by atoms with Crippen LogP contribution in [-0.2, 0) is 0 Å². The van der Waals surface area contributed by atoms with Crippen LogP contribution in [0.5, 0.6) is 0 Å². The summed E-state index contributed by atoms with van der Waals surface area (Å²) in [5.74, 6) is 0. The SMILES string of the molecule is c1cc(-c2ccc3ccccc3c2)cc(N(c2ccccc2-c2ccc(-c3ccc4ccc5ccccc5c4c3)cc2)c2cccc3oc4ccccc4c23)c1. The smallest absolute Gasteiger partial charge is 0.137 e. The Morgan fingerprint density at radius 3 is 1.75 bits per heavy atom. The molecule has 0 aliphatic heterocycles. The molecule has 0 amide bonds. The van der Waals surface area contributed by atoms with Gasteiger partial charge in [-0.3, -0.25) is 0 Å². The first kappa shape index (κ1) is 32.0. The van der Waals surface area contributed by atoms with Crippen molar-refractivity contribution in [1.29, 1.82) is 0 Å². The number of nitrogens with zero attached hydrogens (tertiary/aromatic N) is 1. The molecule has 2 nitrogen and oxygen atoms in total. The molecule has 0 aliphatic carbocycles. The maximum absolute atomic E-state index is 6.44. The Hall–Kier alpha value is -7.42. The Bertz CT molecular complexity index is 3260. The molecule has 0 saturated carbocycles. The molecule has 1 heterocycles. The van der Waals surface area contributed by atoms with Crippen molar-refractivity contribution in [3.8, 4) is 33.4 Å². The van der Waals surface area contributed by atoms with E-state index in [-0.39, 0.29) is 0 Å². The Balaban J connectivity index is 1.07. The van der Waals surface area contributed by atoms with Crippen molar-refractivity contribution in [3.05, 3.63) is 212 Å². The largest absolute Gasteiger partial charge is 0.456 e. The van der Waals surface area contributed by atoms with Gasteiger partial charge in [0.15, 0.2) is 0 Å². The molecule has 1 aromatic heterocycles. The highest BCUT2D eigenvalue weighted by Gasteiger charge is 2.22. The van der Waals surface area contributed by atoms with Crippen LogP contribution in [-0.4, -0.2) is 0 Å². The van der Waals surface area contributed by atoms with E-state index in [1.54, 1.807) is 0 Å². The number of rotatable bonds is 6. The molecule has 11 aromatic rings. The molecule has 0 saturated heterocycles. The fraction of sp³-hybridized carbons (Fsp3) is 0. The van der Waals surface area contributed by atoms with Crippen LogP contribution in [0.25, 0.3) is 87.6 Å². The number of hydrogen-bond donors (Lipinski definition) is 0. The van der Waals surface area contributed by atoms with Crippen LogP contribution in [0.2, 0.25) is 0 Å². The van der Waals surface area contributed by atoms with Gasteiger partial charge in [0, 0.05) is 16.6 Å². The summed E-state index contributed by atoms with van der Waals surface area (Å²) in [4.78, 5) is 2.41. The molecule has 0 atom stereocenters. The van der Waals surface area contributed by atoms with Crippen LogP contribution in [0.1, 0.15) is 0 Å². The van der Waals surface area contributed by atoms with Crippen molar-refractivity contribution in [1.82, 2.24) is 0 Å². The van der Waals surface area contributed by atoms with Crippen molar-refractivity contribution in [2.75, 3.05) is 4.90 Å². The van der Waals surface area contributed by atoms with Gasteiger partial charge in [0.1, 0.15) is 11.2 Å². The van der Waals surface area contributed by atoms with Gasteiger partial charge in [0.05, 0.1) is 16.8 Å². The molecule has 262 valence electrons. The highest BCUT2D eigenvalue weighted by atomic mass is 16.3. The average Bonchev–Trinajstić information content (AvgIpc) is 3.66. The first-order valence-corrected chi connectivity index (χ1v) is 19.2. The lowest BCUT2D eigenvalue weighted by atomic mass is 9.95. The van der Waals surface area contributed by atoms with Crippen LogP contribution in [0.3, 0.4) is 0 Å². The zero-order chi connectivity index (χ0) is 37.0. The fourth-order valence-electron chi connectivity index (χ4n) is 8.48. The van der Waals surface area contributed by atoms with Gasteiger partial charge >= 0.3 is 0 Å². The van der Waals surface area contributed by atoms with Gasteiger partial charge in [-0.25, -0.2) is 0 Å². The third-order valence-corrected chi connectivity index (χ3v) is 11.2. The van der Waals surface area contributed by atoms with Crippen molar-refractivity contribution in [3.63, 3.8) is 0 Å². The third-order valence-electron chi connectivity index (χ3n) is 11.2. The van der Waals surface area contributed by atoms with E-state index in [9.17, 15) is 0 Å². The van der Waals surface area contributed by atoms with Gasteiger partial charge in [-0.2, -0.15) is 0 Å². The third kappa shape index (κ3) is 5.42. The van der Waals surface area contributed by atoms with E-state index in [2.05, 4.69) is 211 Å². The molecule has 0 N–H and O–H groups in total. The molecule has 56 heavy (non-hydrogen) atoms. The van der Waals surface area contributed by atoms with Crippen molar-refractivity contribution < 1.29 is 4.42 Å². The monoisotopic (exact) mass is 713 g/mol. The van der Waals surface area contributed by atoms with E-state index in [1.165, 1.54) is 49.0 Å². The van der Waals surface area contributed by atoms with E-state index in [0.717, 1.165) is 55.7 Å². The topological polar surface area (TPSA) is 16.4 Å². The Morgan fingerprint density at radius 2 is 0.875 bits per heavy atom. The molecule has 0 spiro atoms. The summed E-state index contributed by atoms with van der Waals surface area (Å²) in [5.41, 5.74) is 12.0. The summed E-state index contributed by atoms with van der Waals surface area (Å²) in [6.07, 6.45) is 0. The fourth-order valence-corrected chi connectivity index (χ4v) is 8.48. The summed E-state index contributed by atoms with van der Waals surface area (Å²) < 4.78 is 6.44. The molecule has 2 heteroatoms. The Kier molecular flexibility index (Phi) is 7.53. The van der Waals surface area contributed by atoms with Crippen LogP contribution in [0.4, 0.5) is 17.1 Å². The van der Waals surface area contributed by atoms with Gasteiger partial charge in [-0.15, -0.1) is 0 Å². The first-order chi connectivity index (χ1) is 27.7. The zero-order valence-electron chi connectivity index (χ0n) is 30.6. The van der Waals surface area contributed by atoms with Gasteiger partial charge in [0.25, 0.3) is 0 Å². The van der Waals surface area contributed by atoms with Crippen molar-refractivity contribution in [2.24, 2.45) is 0 Å².